The van der Waals surface area contributed by atoms with Crippen molar-refractivity contribution in [2.45, 2.75) is 58.1 Å². The molecule has 1 atom stereocenters. The molecular weight excluding hydrogens is 230 g/mol. The number of hydrogen-bond donors (Lipinski definition) is 1. The van der Waals surface area contributed by atoms with Crippen LogP contribution >= 0.6 is 0 Å². The van der Waals surface area contributed by atoms with E-state index in [4.69, 9.17) is 9.26 Å². The van der Waals surface area contributed by atoms with Gasteiger partial charge in [0.25, 0.3) is 0 Å². The zero-order chi connectivity index (χ0) is 13.0. The molecule has 0 saturated carbocycles. The molecule has 1 unspecified atom stereocenters. The van der Waals surface area contributed by atoms with E-state index in [1.807, 2.05) is 6.92 Å². The van der Waals surface area contributed by atoms with Gasteiger partial charge in [0.05, 0.1) is 0 Å². The molecule has 102 valence electrons. The Kier molecular flexibility index (Phi) is 4.35. The zero-order valence-corrected chi connectivity index (χ0v) is 11.5. The Morgan fingerprint density at radius 2 is 2.28 bits per heavy atom. The maximum atomic E-state index is 5.70. The summed E-state index contributed by atoms with van der Waals surface area (Å²) >= 11 is 0. The van der Waals surface area contributed by atoms with Gasteiger partial charge in [-0.05, 0) is 32.7 Å². The number of ether oxygens (including phenoxy) is 1. The minimum absolute atomic E-state index is 0.335. The second-order valence-corrected chi connectivity index (χ2v) is 5.41. The van der Waals surface area contributed by atoms with E-state index in [0.29, 0.717) is 17.8 Å². The SMILES string of the molecule is CC(C)NCCCc1nc(C2(C)CCCO2)no1. The topological polar surface area (TPSA) is 60.2 Å². The first-order valence-corrected chi connectivity index (χ1v) is 6.80. The van der Waals surface area contributed by atoms with Crippen LogP contribution in [0.5, 0.6) is 0 Å². The number of nitrogens with one attached hydrogen (secondary N) is 1. The fraction of sp³-hybridized carbons (Fsp3) is 0.846. The van der Waals surface area contributed by atoms with Gasteiger partial charge in [0.1, 0.15) is 5.60 Å². The molecule has 18 heavy (non-hydrogen) atoms. The lowest BCUT2D eigenvalue weighted by Gasteiger charge is -2.17. The van der Waals surface area contributed by atoms with E-state index in [1.54, 1.807) is 0 Å². The summed E-state index contributed by atoms with van der Waals surface area (Å²) in [6, 6.07) is 0.522. The van der Waals surface area contributed by atoms with Crippen LogP contribution < -0.4 is 5.32 Å². The summed E-state index contributed by atoms with van der Waals surface area (Å²) in [5, 5.41) is 7.42. The van der Waals surface area contributed by atoms with Gasteiger partial charge in [0.15, 0.2) is 0 Å². The third-order valence-electron chi connectivity index (χ3n) is 3.28. The Hall–Kier alpha value is -0.940. The summed E-state index contributed by atoms with van der Waals surface area (Å²) in [4.78, 5) is 4.45. The normalized spacial score (nSPS) is 24.0. The maximum absolute atomic E-state index is 5.70. The van der Waals surface area contributed by atoms with Crippen molar-refractivity contribution in [3.05, 3.63) is 11.7 Å². The number of hydrogen-bond acceptors (Lipinski definition) is 5. The van der Waals surface area contributed by atoms with Gasteiger partial charge >= 0.3 is 0 Å². The van der Waals surface area contributed by atoms with Crippen LogP contribution in [0.25, 0.3) is 0 Å². The molecule has 0 aromatic carbocycles. The van der Waals surface area contributed by atoms with Gasteiger partial charge in [-0.25, -0.2) is 0 Å². The van der Waals surface area contributed by atoms with Crippen molar-refractivity contribution >= 4 is 0 Å². The average molecular weight is 253 g/mol. The van der Waals surface area contributed by atoms with Crippen molar-refractivity contribution in [1.82, 2.24) is 15.5 Å². The van der Waals surface area contributed by atoms with Gasteiger partial charge in [0.2, 0.25) is 11.7 Å². The lowest BCUT2D eigenvalue weighted by molar-refractivity contribution is 0.00768. The van der Waals surface area contributed by atoms with E-state index in [9.17, 15) is 0 Å². The first-order chi connectivity index (χ1) is 8.60. The van der Waals surface area contributed by atoms with Crippen molar-refractivity contribution in [3.63, 3.8) is 0 Å². The fourth-order valence-electron chi connectivity index (χ4n) is 2.16. The lowest BCUT2D eigenvalue weighted by atomic mass is 10.0. The van der Waals surface area contributed by atoms with Crippen molar-refractivity contribution in [2.75, 3.05) is 13.2 Å². The molecule has 0 aliphatic carbocycles. The summed E-state index contributed by atoms with van der Waals surface area (Å²) < 4.78 is 11.0. The van der Waals surface area contributed by atoms with Crippen LogP contribution in [0.2, 0.25) is 0 Å². The van der Waals surface area contributed by atoms with Crippen molar-refractivity contribution < 1.29 is 9.26 Å². The molecule has 1 aromatic heterocycles. The molecule has 1 saturated heterocycles. The van der Waals surface area contributed by atoms with E-state index in [-0.39, 0.29) is 5.60 Å². The van der Waals surface area contributed by atoms with Gasteiger partial charge in [0, 0.05) is 19.1 Å². The molecule has 2 heterocycles. The molecule has 0 spiro atoms. The summed E-state index contributed by atoms with van der Waals surface area (Å²) in [6.07, 6.45) is 3.87. The predicted molar refractivity (Wildman–Crippen MR) is 68.3 cm³/mol. The minimum Gasteiger partial charge on any atom is -0.367 e. The van der Waals surface area contributed by atoms with Crippen LogP contribution in [-0.4, -0.2) is 29.3 Å². The molecule has 1 aliphatic heterocycles. The van der Waals surface area contributed by atoms with E-state index in [2.05, 4.69) is 29.3 Å². The molecule has 0 amide bonds. The Bertz CT molecular complexity index is 370. The molecule has 2 rings (SSSR count). The van der Waals surface area contributed by atoms with Crippen LogP contribution in [0.4, 0.5) is 0 Å². The molecule has 5 heteroatoms. The molecular formula is C13H23N3O2. The Morgan fingerprint density at radius 3 is 2.94 bits per heavy atom. The number of aromatic nitrogens is 2. The predicted octanol–water partition coefficient (Wildman–Crippen LogP) is 2.03. The smallest absolute Gasteiger partial charge is 0.226 e. The number of aryl methyl sites for hydroxylation is 1. The second-order valence-electron chi connectivity index (χ2n) is 5.41. The monoisotopic (exact) mass is 253 g/mol. The van der Waals surface area contributed by atoms with Crippen LogP contribution in [0.1, 0.15) is 51.7 Å². The lowest BCUT2D eigenvalue weighted by Crippen LogP contribution is -2.24. The Morgan fingerprint density at radius 1 is 1.44 bits per heavy atom. The molecule has 0 bridgehead atoms. The highest BCUT2D eigenvalue weighted by atomic mass is 16.5. The highest BCUT2D eigenvalue weighted by Crippen LogP contribution is 2.33. The van der Waals surface area contributed by atoms with Gasteiger partial charge in [-0.15, -0.1) is 0 Å². The van der Waals surface area contributed by atoms with Gasteiger partial charge in [-0.1, -0.05) is 19.0 Å². The Labute approximate surface area is 108 Å². The quantitative estimate of drug-likeness (QED) is 0.786. The highest BCUT2D eigenvalue weighted by Gasteiger charge is 2.36. The molecule has 1 aliphatic rings. The number of rotatable bonds is 6. The summed E-state index contributed by atoms with van der Waals surface area (Å²) in [7, 11) is 0. The number of nitrogens with zero attached hydrogens (tertiary/aromatic N) is 2. The molecule has 5 nitrogen and oxygen atoms in total. The molecule has 0 radical (unpaired) electrons. The Balaban J connectivity index is 1.83. The maximum Gasteiger partial charge on any atom is 0.226 e. The summed E-state index contributed by atoms with van der Waals surface area (Å²) in [5.41, 5.74) is -0.335. The molecule has 1 fully saturated rings. The summed E-state index contributed by atoms with van der Waals surface area (Å²) in [5.74, 6) is 1.42. The van der Waals surface area contributed by atoms with Crippen molar-refractivity contribution in [3.8, 4) is 0 Å². The van der Waals surface area contributed by atoms with Crippen molar-refractivity contribution in [1.29, 1.82) is 0 Å². The van der Waals surface area contributed by atoms with Crippen LogP contribution in [-0.2, 0) is 16.8 Å². The van der Waals surface area contributed by atoms with E-state index < -0.39 is 0 Å². The minimum atomic E-state index is -0.335. The summed E-state index contributed by atoms with van der Waals surface area (Å²) in [6.45, 7) is 8.09. The fourth-order valence-corrected chi connectivity index (χ4v) is 2.16. The van der Waals surface area contributed by atoms with Crippen LogP contribution in [0.15, 0.2) is 4.52 Å². The van der Waals surface area contributed by atoms with E-state index in [1.165, 1.54) is 0 Å². The zero-order valence-electron chi connectivity index (χ0n) is 11.5. The van der Waals surface area contributed by atoms with E-state index in [0.717, 1.165) is 38.8 Å². The first-order valence-electron chi connectivity index (χ1n) is 6.80. The van der Waals surface area contributed by atoms with Crippen molar-refractivity contribution in [2.24, 2.45) is 0 Å². The third-order valence-corrected chi connectivity index (χ3v) is 3.28. The van der Waals surface area contributed by atoms with Gasteiger partial charge < -0.3 is 14.6 Å². The largest absolute Gasteiger partial charge is 0.367 e. The highest BCUT2D eigenvalue weighted by molar-refractivity contribution is 5.01. The van der Waals surface area contributed by atoms with Crippen LogP contribution in [0.3, 0.4) is 0 Å². The second kappa shape index (κ2) is 5.80. The van der Waals surface area contributed by atoms with E-state index >= 15 is 0 Å². The van der Waals surface area contributed by atoms with Gasteiger partial charge in [-0.2, -0.15) is 4.98 Å². The molecule has 1 aromatic rings. The van der Waals surface area contributed by atoms with Crippen LogP contribution in [0, 0.1) is 0 Å². The standard InChI is InChI=1S/C13H23N3O2/c1-10(2)14-8-4-6-11-15-12(16-18-11)13(3)7-5-9-17-13/h10,14H,4-9H2,1-3H3. The molecule has 1 N–H and O–H groups in total. The third kappa shape index (κ3) is 3.29. The average Bonchev–Trinajstić information content (AvgIpc) is 2.94. The first kappa shape index (κ1) is 13.5. The van der Waals surface area contributed by atoms with Gasteiger partial charge in [-0.3, -0.25) is 0 Å².